The van der Waals surface area contributed by atoms with Crippen molar-refractivity contribution in [2.45, 2.75) is 11.3 Å². The quantitative estimate of drug-likeness (QED) is 0.847. The average Bonchev–Trinajstić information content (AvgIpc) is 2.78. The number of halogens is 2. The third kappa shape index (κ3) is 3.85. The Morgan fingerprint density at radius 3 is 2.76 bits per heavy atom. The Balaban J connectivity index is 2.27. The lowest BCUT2D eigenvalue weighted by Crippen LogP contribution is -2.13. The first kappa shape index (κ1) is 16.0. The van der Waals surface area contributed by atoms with Gasteiger partial charge < -0.3 is 5.11 Å². The van der Waals surface area contributed by atoms with E-state index >= 15 is 0 Å². The number of aromatic nitrogens is 1. The number of sulfonamides is 1. The van der Waals surface area contributed by atoms with Gasteiger partial charge in [0, 0.05) is 5.38 Å². The summed E-state index contributed by atoms with van der Waals surface area (Å²) in [5.41, 5.74) is 0.266. The highest BCUT2D eigenvalue weighted by atomic mass is 35.5. The molecule has 0 amide bonds. The van der Waals surface area contributed by atoms with E-state index in [2.05, 4.69) is 9.71 Å². The van der Waals surface area contributed by atoms with E-state index in [-0.39, 0.29) is 32.2 Å². The molecule has 0 atom stereocenters. The fourth-order valence-corrected chi connectivity index (χ4v) is 4.18. The molecule has 0 aliphatic carbocycles. The molecule has 0 aliphatic heterocycles. The van der Waals surface area contributed by atoms with Gasteiger partial charge in [-0.25, -0.2) is 13.4 Å². The van der Waals surface area contributed by atoms with Gasteiger partial charge in [0.15, 0.2) is 5.13 Å². The maximum atomic E-state index is 12.2. The minimum atomic E-state index is -3.95. The van der Waals surface area contributed by atoms with Crippen LogP contribution in [0.5, 0.6) is 0 Å². The molecule has 0 saturated heterocycles. The Morgan fingerprint density at radius 1 is 1.38 bits per heavy atom. The van der Waals surface area contributed by atoms with E-state index in [1.165, 1.54) is 23.6 Å². The summed E-state index contributed by atoms with van der Waals surface area (Å²) in [6.45, 7) is 0. The van der Waals surface area contributed by atoms with Gasteiger partial charge in [0.05, 0.1) is 22.2 Å². The summed E-state index contributed by atoms with van der Waals surface area (Å²) in [6.07, 6.45) is -0.282. The number of carboxylic acid groups (broad SMARTS) is 1. The third-order valence-electron chi connectivity index (χ3n) is 2.31. The second kappa shape index (κ2) is 6.18. The van der Waals surface area contributed by atoms with Crippen molar-refractivity contribution in [3.05, 3.63) is 39.3 Å². The van der Waals surface area contributed by atoms with Gasteiger partial charge in [-0.05, 0) is 12.1 Å². The molecule has 6 nitrogen and oxygen atoms in total. The second-order valence-corrected chi connectivity index (χ2v) is 7.17. The molecule has 2 aromatic rings. The number of aliphatic carboxylic acids is 1. The first-order valence-electron chi connectivity index (χ1n) is 5.42. The lowest BCUT2D eigenvalue weighted by atomic mass is 10.3. The molecular weight excluding hydrogens is 359 g/mol. The summed E-state index contributed by atoms with van der Waals surface area (Å²) in [6, 6.07) is 4.24. The molecule has 0 unspecified atom stereocenters. The van der Waals surface area contributed by atoms with Crippen LogP contribution in [0.25, 0.3) is 0 Å². The molecule has 0 spiro atoms. The normalized spacial score (nSPS) is 11.3. The number of anilines is 1. The maximum Gasteiger partial charge on any atom is 0.309 e. The van der Waals surface area contributed by atoms with Crippen molar-refractivity contribution in [1.29, 1.82) is 0 Å². The van der Waals surface area contributed by atoms with Crippen LogP contribution in [-0.2, 0) is 21.2 Å². The molecule has 1 heterocycles. The smallest absolute Gasteiger partial charge is 0.309 e. The van der Waals surface area contributed by atoms with Crippen molar-refractivity contribution < 1.29 is 18.3 Å². The number of thiazole rings is 1. The Hall–Kier alpha value is -1.35. The van der Waals surface area contributed by atoms with Crippen LogP contribution in [0.3, 0.4) is 0 Å². The molecule has 2 N–H and O–H groups in total. The van der Waals surface area contributed by atoms with E-state index in [4.69, 9.17) is 28.3 Å². The van der Waals surface area contributed by atoms with Gasteiger partial charge in [-0.15, -0.1) is 11.3 Å². The maximum absolute atomic E-state index is 12.2. The zero-order chi connectivity index (χ0) is 15.6. The molecular formula is C11H8Cl2N2O4S2. The van der Waals surface area contributed by atoms with Crippen LogP contribution in [0.1, 0.15) is 5.69 Å². The molecule has 0 saturated carbocycles. The molecule has 0 radical (unpaired) electrons. The molecule has 2 rings (SSSR count). The molecule has 0 fully saturated rings. The SMILES string of the molecule is O=C(O)Cc1csc(NS(=O)(=O)c2cccc(Cl)c2Cl)n1. The minimum Gasteiger partial charge on any atom is -0.481 e. The number of rotatable bonds is 5. The van der Waals surface area contributed by atoms with Crippen LogP contribution < -0.4 is 4.72 Å². The average molecular weight is 367 g/mol. The van der Waals surface area contributed by atoms with Crippen molar-refractivity contribution in [1.82, 2.24) is 4.98 Å². The van der Waals surface area contributed by atoms with Crippen LogP contribution in [0.15, 0.2) is 28.5 Å². The van der Waals surface area contributed by atoms with E-state index < -0.39 is 16.0 Å². The molecule has 10 heteroatoms. The molecule has 1 aromatic carbocycles. The molecule has 0 aliphatic rings. The van der Waals surface area contributed by atoms with Crippen LogP contribution in [0.4, 0.5) is 5.13 Å². The summed E-state index contributed by atoms with van der Waals surface area (Å²) < 4.78 is 26.6. The fraction of sp³-hybridized carbons (Fsp3) is 0.0909. The zero-order valence-corrected chi connectivity index (χ0v) is 13.4. The molecule has 112 valence electrons. The number of hydrogen-bond acceptors (Lipinski definition) is 5. The fourth-order valence-electron chi connectivity index (χ4n) is 1.45. The van der Waals surface area contributed by atoms with Gasteiger partial charge in [0.2, 0.25) is 0 Å². The van der Waals surface area contributed by atoms with Crippen molar-refractivity contribution in [2.75, 3.05) is 4.72 Å². The standard InChI is InChI=1S/C11H8Cl2N2O4S2/c12-7-2-1-3-8(10(7)13)21(18,19)15-11-14-6(5-20-11)4-9(16)17/h1-3,5H,4H2,(H,14,15)(H,16,17). The largest absolute Gasteiger partial charge is 0.481 e. The molecule has 21 heavy (non-hydrogen) atoms. The van der Waals surface area contributed by atoms with E-state index in [9.17, 15) is 13.2 Å². The van der Waals surface area contributed by atoms with E-state index in [1.807, 2.05) is 0 Å². The van der Waals surface area contributed by atoms with Crippen molar-refractivity contribution in [3.8, 4) is 0 Å². The highest BCUT2D eigenvalue weighted by molar-refractivity contribution is 7.93. The highest BCUT2D eigenvalue weighted by Gasteiger charge is 2.21. The van der Waals surface area contributed by atoms with E-state index in [0.717, 1.165) is 11.3 Å². The number of nitrogens with zero attached hydrogens (tertiary/aromatic N) is 1. The third-order valence-corrected chi connectivity index (χ3v) is 5.56. The van der Waals surface area contributed by atoms with Crippen molar-refractivity contribution in [2.24, 2.45) is 0 Å². The summed E-state index contributed by atoms with van der Waals surface area (Å²) in [5.74, 6) is -1.05. The van der Waals surface area contributed by atoms with Crippen LogP contribution in [0.2, 0.25) is 10.0 Å². The van der Waals surface area contributed by atoms with Crippen LogP contribution >= 0.6 is 34.5 Å². The van der Waals surface area contributed by atoms with Gasteiger partial charge in [0.25, 0.3) is 10.0 Å². The minimum absolute atomic E-state index is 0.0577. The van der Waals surface area contributed by atoms with Gasteiger partial charge in [0.1, 0.15) is 4.90 Å². The monoisotopic (exact) mass is 366 g/mol. The van der Waals surface area contributed by atoms with Gasteiger partial charge >= 0.3 is 5.97 Å². The molecule has 0 bridgehead atoms. The van der Waals surface area contributed by atoms with Crippen LogP contribution in [0, 0.1) is 0 Å². The number of benzene rings is 1. The summed E-state index contributed by atoms with van der Waals surface area (Å²) >= 11 is 12.6. The summed E-state index contributed by atoms with van der Waals surface area (Å²) in [4.78, 5) is 14.3. The molecule has 1 aromatic heterocycles. The Labute approximate surface area is 134 Å². The van der Waals surface area contributed by atoms with E-state index in [1.54, 1.807) is 0 Å². The van der Waals surface area contributed by atoms with Crippen molar-refractivity contribution in [3.63, 3.8) is 0 Å². The first-order chi connectivity index (χ1) is 9.79. The Bertz CT molecular complexity index is 789. The lowest BCUT2D eigenvalue weighted by molar-refractivity contribution is -0.136. The predicted molar refractivity (Wildman–Crippen MR) is 80.7 cm³/mol. The Kier molecular flexibility index (Phi) is 4.72. The highest BCUT2D eigenvalue weighted by Crippen LogP contribution is 2.30. The number of carbonyl (C=O) groups is 1. The summed E-state index contributed by atoms with van der Waals surface area (Å²) in [5, 5.41) is 10.2. The van der Waals surface area contributed by atoms with Crippen molar-refractivity contribution >= 4 is 55.7 Å². The van der Waals surface area contributed by atoms with E-state index in [0.29, 0.717) is 0 Å². The first-order valence-corrected chi connectivity index (χ1v) is 8.54. The number of carboxylic acids is 1. The van der Waals surface area contributed by atoms with Crippen LogP contribution in [-0.4, -0.2) is 24.5 Å². The number of hydrogen-bond donors (Lipinski definition) is 2. The van der Waals surface area contributed by atoms with Gasteiger partial charge in [-0.3, -0.25) is 9.52 Å². The predicted octanol–water partition coefficient (Wildman–Crippen LogP) is 2.88. The number of nitrogens with one attached hydrogen (secondary N) is 1. The topological polar surface area (TPSA) is 96.4 Å². The van der Waals surface area contributed by atoms with Gasteiger partial charge in [-0.2, -0.15) is 0 Å². The second-order valence-electron chi connectivity index (χ2n) is 3.87. The summed E-state index contributed by atoms with van der Waals surface area (Å²) in [7, 11) is -3.95. The zero-order valence-electron chi connectivity index (χ0n) is 10.2. The lowest BCUT2D eigenvalue weighted by Gasteiger charge is -2.07. The van der Waals surface area contributed by atoms with Gasteiger partial charge in [-0.1, -0.05) is 29.3 Å². The Morgan fingerprint density at radius 2 is 2.10 bits per heavy atom.